The van der Waals surface area contributed by atoms with Crippen LogP contribution < -0.4 is 11.1 Å². The quantitative estimate of drug-likeness (QED) is 0.798. The van der Waals surface area contributed by atoms with Gasteiger partial charge in [0.1, 0.15) is 11.5 Å². The number of nitrogens with one attached hydrogen (secondary N) is 1. The molecule has 2 atom stereocenters. The van der Waals surface area contributed by atoms with Crippen LogP contribution in [0.3, 0.4) is 0 Å². The summed E-state index contributed by atoms with van der Waals surface area (Å²) in [5.41, 5.74) is 5.65. The number of nitrogens with two attached hydrogens (primary N) is 1. The molecule has 1 aliphatic heterocycles. The van der Waals surface area contributed by atoms with Crippen molar-refractivity contribution in [1.29, 1.82) is 0 Å². The molecule has 1 saturated heterocycles. The molecule has 0 radical (unpaired) electrons. The van der Waals surface area contributed by atoms with Crippen LogP contribution in [0.25, 0.3) is 0 Å². The van der Waals surface area contributed by atoms with Crippen LogP contribution in [0.4, 0.5) is 0 Å². The molecule has 1 aliphatic rings. The van der Waals surface area contributed by atoms with E-state index >= 15 is 0 Å². The molecule has 6 nitrogen and oxygen atoms in total. The molecule has 0 aromatic carbocycles. The van der Waals surface area contributed by atoms with Gasteiger partial charge < -0.3 is 20.2 Å². The Balaban J connectivity index is 0.00000242. The summed E-state index contributed by atoms with van der Waals surface area (Å²) in [5.74, 6) is 1.74. The van der Waals surface area contributed by atoms with Gasteiger partial charge >= 0.3 is 0 Å². The van der Waals surface area contributed by atoms with Crippen molar-refractivity contribution in [3.05, 3.63) is 23.7 Å². The van der Waals surface area contributed by atoms with E-state index in [0.29, 0.717) is 26.2 Å². The molecule has 1 amide bonds. The minimum Gasteiger partial charge on any atom is -0.465 e. The largest absolute Gasteiger partial charge is 0.465 e. The number of carbonyl (C=O) groups is 1. The van der Waals surface area contributed by atoms with Gasteiger partial charge in [-0.15, -0.1) is 24.8 Å². The van der Waals surface area contributed by atoms with E-state index < -0.39 is 0 Å². The number of nitrogens with zero attached hydrogens (tertiary/aromatic N) is 1. The van der Waals surface area contributed by atoms with E-state index in [4.69, 9.17) is 14.9 Å². The Morgan fingerprint density at radius 3 is 2.52 bits per heavy atom. The fourth-order valence-corrected chi connectivity index (χ4v) is 2.51. The third kappa shape index (κ3) is 7.10. The zero-order valence-corrected chi connectivity index (χ0v) is 15.3. The predicted octanol–water partition coefficient (Wildman–Crippen LogP) is 1.66. The molecule has 3 N–H and O–H groups in total. The molecule has 1 aromatic rings. The first-order valence-electron chi connectivity index (χ1n) is 7.46. The zero-order chi connectivity index (χ0) is 15.2. The van der Waals surface area contributed by atoms with Crippen LogP contribution in [0, 0.1) is 6.92 Å². The molecule has 134 valence electrons. The second kappa shape index (κ2) is 10.9. The number of furan rings is 1. The standard InChI is InChI=1S/C15H25N3O3.2ClH/c1-11(16)9-15(19)17-10-13(14-4-3-12(2)21-14)18-5-7-20-8-6-18;;/h3-4,11,13H,5-10,16H2,1-2H3,(H,17,19);2*1H. The summed E-state index contributed by atoms with van der Waals surface area (Å²) in [5, 5.41) is 2.96. The van der Waals surface area contributed by atoms with Crippen molar-refractivity contribution in [3.63, 3.8) is 0 Å². The maximum atomic E-state index is 11.8. The summed E-state index contributed by atoms with van der Waals surface area (Å²) in [4.78, 5) is 14.1. The number of morpholine rings is 1. The first-order chi connectivity index (χ1) is 10.1. The summed E-state index contributed by atoms with van der Waals surface area (Å²) in [6, 6.07) is 3.84. The fraction of sp³-hybridized carbons (Fsp3) is 0.667. The third-order valence-corrected chi connectivity index (χ3v) is 3.58. The topological polar surface area (TPSA) is 80.7 Å². The van der Waals surface area contributed by atoms with E-state index in [-0.39, 0.29) is 42.8 Å². The van der Waals surface area contributed by atoms with E-state index in [9.17, 15) is 4.79 Å². The highest BCUT2D eigenvalue weighted by Gasteiger charge is 2.25. The second-order valence-electron chi connectivity index (χ2n) is 5.60. The van der Waals surface area contributed by atoms with Crippen LogP contribution in [0.5, 0.6) is 0 Å². The van der Waals surface area contributed by atoms with Crippen molar-refractivity contribution in [1.82, 2.24) is 10.2 Å². The van der Waals surface area contributed by atoms with Gasteiger partial charge in [0.2, 0.25) is 5.91 Å². The lowest BCUT2D eigenvalue weighted by molar-refractivity contribution is -0.121. The van der Waals surface area contributed by atoms with E-state index in [1.54, 1.807) is 0 Å². The van der Waals surface area contributed by atoms with Crippen LogP contribution in [0.1, 0.15) is 30.9 Å². The van der Waals surface area contributed by atoms with E-state index in [0.717, 1.165) is 24.6 Å². The van der Waals surface area contributed by atoms with Crippen molar-refractivity contribution in [2.24, 2.45) is 5.73 Å². The number of amides is 1. The Morgan fingerprint density at radius 2 is 2.00 bits per heavy atom. The Labute approximate surface area is 149 Å². The third-order valence-electron chi connectivity index (χ3n) is 3.58. The number of ether oxygens (including phenoxy) is 1. The summed E-state index contributed by atoms with van der Waals surface area (Å²) in [6.45, 7) is 7.39. The van der Waals surface area contributed by atoms with Crippen molar-refractivity contribution < 1.29 is 13.9 Å². The Morgan fingerprint density at radius 1 is 1.35 bits per heavy atom. The normalized spacial score (nSPS) is 17.5. The van der Waals surface area contributed by atoms with Gasteiger partial charge in [-0.3, -0.25) is 9.69 Å². The minimum absolute atomic E-state index is 0. The van der Waals surface area contributed by atoms with Gasteiger partial charge in [0.05, 0.1) is 19.3 Å². The Hall–Kier alpha value is -0.790. The van der Waals surface area contributed by atoms with E-state index in [1.165, 1.54) is 0 Å². The number of aryl methyl sites for hydroxylation is 1. The number of carbonyl (C=O) groups excluding carboxylic acids is 1. The smallest absolute Gasteiger partial charge is 0.221 e. The van der Waals surface area contributed by atoms with Gasteiger partial charge in [-0.25, -0.2) is 0 Å². The highest BCUT2D eigenvalue weighted by atomic mass is 35.5. The van der Waals surface area contributed by atoms with Crippen LogP contribution in [0.15, 0.2) is 16.5 Å². The molecular weight excluding hydrogens is 341 g/mol. The Kier molecular flexibility index (Phi) is 10.5. The van der Waals surface area contributed by atoms with Crippen molar-refractivity contribution in [2.45, 2.75) is 32.4 Å². The number of hydrogen-bond acceptors (Lipinski definition) is 5. The summed E-state index contributed by atoms with van der Waals surface area (Å²) in [7, 11) is 0. The minimum atomic E-state index is -0.127. The zero-order valence-electron chi connectivity index (χ0n) is 13.6. The number of rotatable bonds is 6. The Bertz CT molecular complexity index is 463. The van der Waals surface area contributed by atoms with Gasteiger partial charge in [0.15, 0.2) is 0 Å². The molecule has 1 aromatic heterocycles. The molecule has 2 rings (SSSR count). The molecule has 0 aliphatic carbocycles. The SMILES string of the molecule is Cc1ccc(C(CNC(=O)CC(C)N)N2CCOCC2)o1.Cl.Cl. The summed E-state index contributed by atoms with van der Waals surface area (Å²) >= 11 is 0. The van der Waals surface area contributed by atoms with Crippen molar-refractivity contribution >= 4 is 30.7 Å². The lowest BCUT2D eigenvalue weighted by atomic mass is 10.1. The van der Waals surface area contributed by atoms with E-state index in [2.05, 4.69) is 10.2 Å². The molecule has 2 unspecified atom stereocenters. The number of halogens is 2. The van der Waals surface area contributed by atoms with Crippen LogP contribution >= 0.6 is 24.8 Å². The second-order valence-corrected chi connectivity index (χ2v) is 5.60. The maximum absolute atomic E-state index is 11.8. The lowest BCUT2D eigenvalue weighted by Crippen LogP contribution is -2.44. The van der Waals surface area contributed by atoms with Gasteiger partial charge in [-0.1, -0.05) is 0 Å². The average molecular weight is 368 g/mol. The van der Waals surface area contributed by atoms with Gasteiger partial charge in [0, 0.05) is 32.1 Å². The maximum Gasteiger partial charge on any atom is 0.221 e. The first kappa shape index (κ1) is 22.2. The molecule has 8 heteroatoms. The lowest BCUT2D eigenvalue weighted by Gasteiger charge is -2.33. The fourth-order valence-electron chi connectivity index (χ4n) is 2.51. The first-order valence-corrected chi connectivity index (χ1v) is 7.46. The average Bonchev–Trinajstić information content (AvgIpc) is 2.86. The molecular formula is C15H27Cl2N3O3. The highest BCUT2D eigenvalue weighted by Crippen LogP contribution is 2.23. The van der Waals surface area contributed by atoms with Crippen LogP contribution in [-0.4, -0.2) is 49.7 Å². The van der Waals surface area contributed by atoms with Gasteiger partial charge in [-0.2, -0.15) is 0 Å². The highest BCUT2D eigenvalue weighted by molar-refractivity contribution is 5.85. The summed E-state index contributed by atoms with van der Waals surface area (Å²) < 4.78 is 11.1. The predicted molar refractivity (Wildman–Crippen MR) is 94.4 cm³/mol. The van der Waals surface area contributed by atoms with Gasteiger partial charge in [-0.05, 0) is 26.0 Å². The monoisotopic (exact) mass is 367 g/mol. The molecule has 0 saturated carbocycles. The molecule has 0 bridgehead atoms. The van der Waals surface area contributed by atoms with Crippen LogP contribution in [-0.2, 0) is 9.53 Å². The molecule has 1 fully saturated rings. The molecule has 0 spiro atoms. The molecule has 2 heterocycles. The number of hydrogen-bond donors (Lipinski definition) is 2. The molecule has 23 heavy (non-hydrogen) atoms. The van der Waals surface area contributed by atoms with Crippen LogP contribution in [0.2, 0.25) is 0 Å². The van der Waals surface area contributed by atoms with Crippen molar-refractivity contribution in [3.8, 4) is 0 Å². The van der Waals surface area contributed by atoms with Gasteiger partial charge in [0.25, 0.3) is 0 Å². The van der Waals surface area contributed by atoms with Crippen molar-refractivity contribution in [2.75, 3.05) is 32.8 Å². The summed E-state index contributed by atoms with van der Waals surface area (Å²) in [6.07, 6.45) is 0.340. The van der Waals surface area contributed by atoms with E-state index in [1.807, 2.05) is 26.0 Å².